The summed E-state index contributed by atoms with van der Waals surface area (Å²) in [7, 11) is 1.65. The fourth-order valence-electron chi connectivity index (χ4n) is 1.95. The molecule has 0 radical (unpaired) electrons. The zero-order valence-electron chi connectivity index (χ0n) is 12.4. The number of alkyl halides is 3. The van der Waals surface area contributed by atoms with Gasteiger partial charge in [-0.05, 0) is 19.1 Å². The number of hydrogen-bond donors (Lipinski definition) is 2. The topological polar surface area (TPSA) is 80.0 Å². The summed E-state index contributed by atoms with van der Waals surface area (Å²) in [5.41, 5.74) is -2.91. The van der Waals surface area contributed by atoms with Crippen molar-refractivity contribution in [2.24, 2.45) is 7.05 Å². The van der Waals surface area contributed by atoms with Crippen LogP contribution in [0.3, 0.4) is 0 Å². The highest BCUT2D eigenvalue weighted by molar-refractivity contribution is 5.93. The van der Waals surface area contributed by atoms with E-state index in [2.05, 4.69) is 15.4 Å². The van der Waals surface area contributed by atoms with Crippen LogP contribution in [0.5, 0.6) is 0 Å². The molecule has 2 rings (SSSR count). The summed E-state index contributed by atoms with van der Waals surface area (Å²) in [6.45, 7) is 1.14. The van der Waals surface area contributed by atoms with Crippen molar-refractivity contribution in [3.63, 3.8) is 0 Å². The summed E-state index contributed by atoms with van der Waals surface area (Å²) in [6, 6.07) is 1.88. The van der Waals surface area contributed by atoms with E-state index in [4.69, 9.17) is 0 Å². The average Bonchev–Trinajstić information content (AvgIpc) is 2.91. The van der Waals surface area contributed by atoms with Gasteiger partial charge in [-0.1, -0.05) is 0 Å². The maximum atomic E-state index is 12.9. The van der Waals surface area contributed by atoms with Gasteiger partial charge in [-0.25, -0.2) is 0 Å². The summed E-state index contributed by atoms with van der Waals surface area (Å²) in [4.78, 5) is 15.5. The van der Waals surface area contributed by atoms with E-state index < -0.39 is 28.9 Å². The predicted octanol–water partition coefficient (Wildman–Crippen LogP) is 1.47. The molecule has 0 saturated carbocycles. The first kappa shape index (κ1) is 16.9. The molecule has 0 spiro atoms. The summed E-state index contributed by atoms with van der Waals surface area (Å²) >= 11 is 0. The van der Waals surface area contributed by atoms with Crippen LogP contribution in [0.4, 0.5) is 13.2 Å². The van der Waals surface area contributed by atoms with Gasteiger partial charge >= 0.3 is 6.18 Å². The Morgan fingerprint density at radius 3 is 2.70 bits per heavy atom. The number of nitrogens with one attached hydrogen (secondary N) is 1. The molecule has 0 aliphatic rings. The van der Waals surface area contributed by atoms with Gasteiger partial charge in [0.05, 0.1) is 18.3 Å². The van der Waals surface area contributed by atoms with Crippen LogP contribution in [-0.2, 0) is 18.8 Å². The van der Waals surface area contributed by atoms with Crippen LogP contribution in [0.15, 0.2) is 30.7 Å². The molecular formula is C14H15F3N4O2. The molecule has 0 aliphatic heterocycles. The zero-order valence-corrected chi connectivity index (χ0v) is 12.4. The van der Waals surface area contributed by atoms with Crippen molar-refractivity contribution in [3.8, 4) is 0 Å². The predicted molar refractivity (Wildman–Crippen MR) is 74.4 cm³/mol. The number of carbonyl (C=O) groups excluding carboxylic acids is 1. The van der Waals surface area contributed by atoms with E-state index >= 15 is 0 Å². The van der Waals surface area contributed by atoms with Gasteiger partial charge in [0.2, 0.25) is 0 Å². The van der Waals surface area contributed by atoms with Crippen molar-refractivity contribution >= 4 is 5.91 Å². The quantitative estimate of drug-likeness (QED) is 0.891. The number of aromatic nitrogens is 3. The number of hydrogen-bond acceptors (Lipinski definition) is 4. The Kier molecular flexibility index (Phi) is 4.42. The molecule has 0 aliphatic carbocycles. The number of rotatable bonds is 4. The van der Waals surface area contributed by atoms with E-state index in [0.29, 0.717) is 5.56 Å². The van der Waals surface area contributed by atoms with Gasteiger partial charge in [0.15, 0.2) is 0 Å². The molecule has 2 N–H and O–H groups in total. The van der Waals surface area contributed by atoms with Gasteiger partial charge in [0.1, 0.15) is 11.3 Å². The van der Waals surface area contributed by atoms with Crippen molar-refractivity contribution in [2.75, 3.05) is 6.54 Å². The van der Waals surface area contributed by atoms with E-state index in [1.54, 1.807) is 13.2 Å². The van der Waals surface area contributed by atoms with Crippen molar-refractivity contribution in [3.05, 3.63) is 47.5 Å². The first-order valence-corrected chi connectivity index (χ1v) is 6.63. The van der Waals surface area contributed by atoms with E-state index in [-0.39, 0.29) is 6.54 Å². The summed E-state index contributed by atoms with van der Waals surface area (Å²) in [5.74, 6) is -1.01. The van der Waals surface area contributed by atoms with E-state index in [1.807, 2.05) is 0 Å². The lowest BCUT2D eigenvalue weighted by atomic mass is 9.99. The van der Waals surface area contributed by atoms with Crippen molar-refractivity contribution in [1.82, 2.24) is 20.1 Å². The Balaban J connectivity index is 2.14. The highest BCUT2D eigenvalue weighted by Gasteiger charge is 2.36. The minimum Gasteiger partial charge on any atom is -0.383 e. The van der Waals surface area contributed by atoms with Crippen molar-refractivity contribution < 1.29 is 23.1 Å². The number of nitrogens with zero attached hydrogens (tertiary/aromatic N) is 3. The lowest BCUT2D eigenvalue weighted by Crippen LogP contribution is -2.39. The number of pyridine rings is 1. The molecule has 0 fully saturated rings. The van der Waals surface area contributed by atoms with E-state index in [9.17, 15) is 23.1 Å². The minimum absolute atomic E-state index is 0.286. The first-order chi connectivity index (χ1) is 10.6. The normalized spacial score (nSPS) is 14.3. The molecule has 1 amide bonds. The summed E-state index contributed by atoms with van der Waals surface area (Å²) in [6.07, 6.45) is -0.627. The van der Waals surface area contributed by atoms with E-state index in [1.165, 1.54) is 17.8 Å². The third kappa shape index (κ3) is 3.86. The number of halogens is 3. The Morgan fingerprint density at radius 2 is 2.13 bits per heavy atom. The summed E-state index contributed by atoms with van der Waals surface area (Å²) < 4.78 is 40.1. The van der Waals surface area contributed by atoms with Crippen LogP contribution in [0, 0.1) is 0 Å². The molecular weight excluding hydrogens is 313 g/mol. The molecule has 2 aromatic heterocycles. The monoisotopic (exact) mass is 328 g/mol. The van der Waals surface area contributed by atoms with Gasteiger partial charge in [-0.3, -0.25) is 14.5 Å². The molecule has 2 aromatic rings. The maximum absolute atomic E-state index is 12.9. The average molecular weight is 328 g/mol. The number of aliphatic hydroxyl groups is 1. The molecule has 1 atom stereocenters. The summed E-state index contributed by atoms with van der Waals surface area (Å²) in [5, 5.41) is 16.5. The lowest BCUT2D eigenvalue weighted by molar-refractivity contribution is -0.138. The van der Waals surface area contributed by atoms with Gasteiger partial charge in [-0.2, -0.15) is 18.3 Å². The van der Waals surface area contributed by atoms with Gasteiger partial charge in [0, 0.05) is 25.0 Å². The van der Waals surface area contributed by atoms with Crippen LogP contribution >= 0.6 is 0 Å². The van der Waals surface area contributed by atoms with Gasteiger partial charge < -0.3 is 10.4 Å². The highest BCUT2D eigenvalue weighted by atomic mass is 19.4. The van der Waals surface area contributed by atoms with Crippen molar-refractivity contribution in [1.29, 1.82) is 0 Å². The first-order valence-electron chi connectivity index (χ1n) is 6.63. The van der Waals surface area contributed by atoms with Crippen LogP contribution in [0.25, 0.3) is 0 Å². The van der Waals surface area contributed by atoms with Crippen LogP contribution < -0.4 is 5.32 Å². The smallest absolute Gasteiger partial charge is 0.383 e. The Labute approximate surface area is 130 Å². The third-order valence-electron chi connectivity index (χ3n) is 3.25. The molecule has 0 aromatic carbocycles. The molecule has 9 heteroatoms. The van der Waals surface area contributed by atoms with Crippen LogP contribution in [-0.4, -0.2) is 32.3 Å². The zero-order chi connectivity index (χ0) is 17.3. The standard InChI is InChI=1S/C14H15F3N4O2/c1-13(23,9-6-20-21(2)7-9)8-19-12(22)11-10(14(15,16)17)4-3-5-18-11/h3-7,23H,8H2,1-2H3,(H,19,22). The minimum atomic E-state index is -4.69. The molecule has 124 valence electrons. The highest BCUT2D eigenvalue weighted by Crippen LogP contribution is 2.31. The second-order valence-electron chi connectivity index (χ2n) is 5.26. The Bertz CT molecular complexity index is 710. The van der Waals surface area contributed by atoms with Crippen LogP contribution in [0.1, 0.15) is 28.5 Å². The molecule has 1 unspecified atom stereocenters. The maximum Gasteiger partial charge on any atom is 0.418 e. The fourth-order valence-corrected chi connectivity index (χ4v) is 1.95. The second-order valence-corrected chi connectivity index (χ2v) is 5.26. The van der Waals surface area contributed by atoms with Crippen LogP contribution in [0.2, 0.25) is 0 Å². The molecule has 2 heterocycles. The number of carbonyl (C=O) groups is 1. The fraction of sp³-hybridized carbons (Fsp3) is 0.357. The molecule has 0 saturated heterocycles. The van der Waals surface area contributed by atoms with Crippen molar-refractivity contribution in [2.45, 2.75) is 18.7 Å². The largest absolute Gasteiger partial charge is 0.418 e. The van der Waals surface area contributed by atoms with Gasteiger partial charge in [0.25, 0.3) is 5.91 Å². The van der Waals surface area contributed by atoms with E-state index in [0.717, 1.165) is 18.3 Å². The molecule has 6 nitrogen and oxygen atoms in total. The van der Waals surface area contributed by atoms with Gasteiger partial charge in [-0.15, -0.1) is 0 Å². The second kappa shape index (κ2) is 5.99. The molecule has 23 heavy (non-hydrogen) atoms. The Morgan fingerprint density at radius 1 is 1.43 bits per heavy atom. The third-order valence-corrected chi connectivity index (χ3v) is 3.25. The molecule has 0 bridgehead atoms. The number of amides is 1. The lowest BCUT2D eigenvalue weighted by Gasteiger charge is -2.22. The number of aryl methyl sites for hydroxylation is 1. The SMILES string of the molecule is Cn1cc(C(C)(O)CNC(=O)c2ncccc2C(F)(F)F)cn1. The Hall–Kier alpha value is -2.42.